The predicted molar refractivity (Wildman–Crippen MR) is 70.4 cm³/mol. The lowest BCUT2D eigenvalue weighted by Gasteiger charge is -2.02. The van der Waals surface area contributed by atoms with E-state index in [9.17, 15) is 0 Å². The number of hydrogen-bond acceptors (Lipinski definition) is 3. The molecule has 2 nitrogen and oxygen atoms in total. The summed E-state index contributed by atoms with van der Waals surface area (Å²) in [7, 11) is 1.61. The first-order chi connectivity index (χ1) is 7.42. The van der Waals surface area contributed by atoms with Crippen LogP contribution in [-0.4, -0.2) is 15.3 Å². The number of fused-ring (bicyclic) bond motifs is 1. The fourth-order valence-corrected chi connectivity index (χ4v) is 2.36. The molecule has 0 saturated carbocycles. The van der Waals surface area contributed by atoms with Gasteiger partial charge >= 0.3 is 0 Å². The van der Waals surface area contributed by atoms with Crippen LogP contribution in [0.15, 0.2) is 30.6 Å². The highest BCUT2D eigenvalue weighted by atomic mass is 33.1. The van der Waals surface area contributed by atoms with Gasteiger partial charge in [0.15, 0.2) is 0 Å². The third-order valence-electron chi connectivity index (χ3n) is 2.41. The number of unbranched alkanes of at least 4 members (excludes halogenated alkanes) is 1. The summed E-state index contributed by atoms with van der Waals surface area (Å²) in [5, 5.41) is 0. The van der Waals surface area contributed by atoms with Crippen LogP contribution in [0.3, 0.4) is 0 Å². The Morgan fingerprint density at radius 1 is 1.27 bits per heavy atom. The summed E-state index contributed by atoms with van der Waals surface area (Å²) in [6.07, 6.45) is 4.33. The number of imidazole rings is 1. The average molecular weight is 238 g/mol. The molecule has 0 atom stereocenters. The van der Waals surface area contributed by atoms with Gasteiger partial charge in [0, 0.05) is 12.3 Å². The Hall–Kier alpha value is -0.610. The number of aromatic nitrogens is 2. The molecular formula is C11H14N2S2. The maximum Gasteiger partial charge on any atom is 0.0958 e. The lowest BCUT2D eigenvalue weighted by molar-refractivity contribution is 0.649. The number of para-hydroxylation sites is 2. The highest BCUT2D eigenvalue weighted by Gasteiger charge is 2.00. The van der Waals surface area contributed by atoms with Crippen LogP contribution in [0.2, 0.25) is 0 Å². The van der Waals surface area contributed by atoms with Crippen molar-refractivity contribution in [3.05, 3.63) is 30.6 Å². The van der Waals surface area contributed by atoms with Gasteiger partial charge in [0.25, 0.3) is 0 Å². The zero-order chi connectivity index (χ0) is 10.5. The maximum atomic E-state index is 4.36. The van der Waals surface area contributed by atoms with Crippen LogP contribution in [0.5, 0.6) is 0 Å². The van der Waals surface area contributed by atoms with E-state index in [0.29, 0.717) is 0 Å². The van der Waals surface area contributed by atoms with E-state index in [1.807, 2.05) is 12.4 Å². The molecule has 0 N–H and O–H groups in total. The molecule has 1 heterocycles. The molecule has 0 saturated heterocycles. The maximum absolute atomic E-state index is 4.36. The zero-order valence-corrected chi connectivity index (χ0v) is 10.2. The Bertz CT molecular complexity index is 425. The van der Waals surface area contributed by atoms with E-state index in [-0.39, 0.29) is 0 Å². The van der Waals surface area contributed by atoms with Crippen LogP contribution in [0.4, 0.5) is 0 Å². The van der Waals surface area contributed by atoms with Crippen molar-refractivity contribution in [2.45, 2.75) is 19.4 Å². The van der Waals surface area contributed by atoms with Crippen LogP contribution < -0.4 is 0 Å². The molecule has 0 aliphatic heterocycles. The number of hydrogen-bond donors (Lipinski definition) is 1. The second-order valence-electron chi connectivity index (χ2n) is 3.47. The van der Waals surface area contributed by atoms with E-state index in [0.717, 1.165) is 17.8 Å². The summed E-state index contributed by atoms with van der Waals surface area (Å²) >= 11 is 4.13. The van der Waals surface area contributed by atoms with E-state index < -0.39 is 0 Å². The van der Waals surface area contributed by atoms with Crippen LogP contribution in [0.1, 0.15) is 12.8 Å². The van der Waals surface area contributed by atoms with Crippen molar-refractivity contribution in [2.75, 3.05) is 5.75 Å². The van der Waals surface area contributed by atoms with Crippen molar-refractivity contribution < 1.29 is 0 Å². The summed E-state index contributed by atoms with van der Waals surface area (Å²) < 4.78 is 2.22. The molecule has 0 amide bonds. The van der Waals surface area contributed by atoms with Crippen molar-refractivity contribution in [2.24, 2.45) is 0 Å². The van der Waals surface area contributed by atoms with Crippen LogP contribution in [0, 0.1) is 0 Å². The Balaban J connectivity index is 2.02. The molecule has 80 valence electrons. The van der Waals surface area contributed by atoms with E-state index >= 15 is 0 Å². The molecule has 15 heavy (non-hydrogen) atoms. The molecular weight excluding hydrogens is 224 g/mol. The molecule has 0 bridgehead atoms. The van der Waals surface area contributed by atoms with Gasteiger partial charge in [-0.1, -0.05) is 22.9 Å². The Morgan fingerprint density at radius 2 is 2.13 bits per heavy atom. The van der Waals surface area contributed by atoms with Gasteiger partial charge in [0.05, 0.1) is 17.4 Å². The van der Waals surface area contributed by atoms with Gasteiger partial charge < -0.3 is 4.57 Å². The van der Waals surface area contributed by atoms with Gasteiger partial charge in [-0.05, 0) is 25.0 Å². The summed E-state index contributed by atoms with van der Waals surface area (Å²) in [6.45, 7) is 1.05. The van der Waals surface area contributed by atoms with Gasteiger partial charge in [-0.25, -0.2) is 4.98 Å². The topological polar surface area (TPSA) is 17.8 Å². The molecule has 2 aromatic rings. The minimum atomic E-state index is 1.05. The molecule has 0 radical (unpaired) electrons. The minimum absolute atomic E-state index is 1.05. The highest BCUT2D eigenvalue weighted by Crippen LogP contribution is 2.13. The van der Waals surface area contributed by atoms with Crippen molar-refractivity contribution >= 4 is 33.5 Å². The van der Waals surface area contributed by atoms with Gasteiger partial charge in [-0.15, -0.1) is 11.7 Å². The van der Waals surface area contributed by atoms with Crippen LogP contribution >= 0.6 is 22.5 Å². The monoisotopic (exact) mass is 238 g/mol. The van der Waals surface area contributed by atoms with Gasteiger partial charge in [-0.3, -0.25) is 0 Å². The van der Waals surface area contributed by atoms with Crippen molar-refractivity contribution in [1.29, 1.82) is 0 Å². The smallest absolute Gasteiger partial charge is 0.0958 e. The first kappa shape index (κ1) is 10.9. The SMILES string of the molecule is SSCCCCn1cnc2ccccc21. The van der Waals surface area contributed by atoms with Gasteiger partial charge in [0.2, 0.25) is 0 Å². The van der Waals surface area contributed by atoms with E-state index in [2.05, 4.69) is 39.4 Å². The molecule has 0 unspecified atom stereocenters. The number of rotatable bonds is 5. The predicted octanol–water partition coefficient (Wildman–Crippen LogP) is 3.39. The second kappa shape index (κ2) is 5.47. The summed E-state index contributed by atoms with van der Waals surface area (Å²) in [5.41, 5.74) is 2.32. The minimum Gasteiger partial charge on any atom is -0.331 e. The fourth-order valence-electron chi connectivity index (χ4n) is 1.64. The Morgan fingerprint density at radius 3 is 3.00 bits per heavy atom. The van der Waals surface area contributed by atoms with E-state index in [1.54, 1.807) is 10.8 Å². The highest BCUT2D eigenvalue weighted by molar-refractivity contribution is 8.68. The lowest BCUT2D eigenvalue weighted by Crippen LogP contribution is -1.96. The van der Waals surface area contributed by atoms with Crippen LogP contribution in [-0.2, 0) is 6.54 Å². The first-order valence-electron chi connectivity index (χ1n) is 5.08. The average Bonchev–Trinajstić information content (AvgIpc) is 2.68. The molecule has 1 aromatic heterocycles. The summed E-state index contributed by atoms with van der Waals surface area (Å²) in [4.78, 5) is 4.36. The largest absolute Gasteiger partial charge is 0.331 e. The third kappa shape index (κ3) is 2.69. The second-order valence-corrected chi connectivity index (χ2v) is 4.91. The summed E-state index contributed by atoms with van der Waals surface area (Å²) in [6, 6.07) is 8.26. The fraction of sp³-hybridized carbons (Fsp3) is 0.364. The van der Waals surface area contributed by atoms with Gasteiger partial charge in [0.1, 0.15) is 0 Å². The Kier molecular flexibility index (Phi) is 3.97. The standard InChI is InChI=1S/C11H14N2S2/c14-15-8-4-3-7-13-9-12-10-5-1-2-6-11(10)13/h1-2,5-6,9,14H,3-4,7-8H2. The molecule has 2 rings (SSSR count). The zero-order valence-electron chi connectivity index (χ0n) is 8.47. The van der Waals surface area contributed by atoms with Crippen molar-refractivity contribution in [1.82, 2.24) is 9.55 Å². The number of benzene rings is 1. The number of thiol groups is 1. The number of aryl methyl sites for hydroxylation is 1. The lowest BCUT2D eigenvalue weighted by atomic mass is 10.3. The quantitative estimate of drug-likeness (QED) is 0.489. The van der Waals surface area contributed by atoms with Crippen molar-refractivity contribution in [3.63, 3.8) is 0 Å². The first-order valence-corrected chi connectivity index (χ1v) is 7.12. The molecule has 0 aliphatic rings. The van der Waals surface area contributed by atoms with Gasteiger partial charge in [-0.2, -0.15) is 0 Å². The molecule has 0 spiro atoms. The molecule has 1 aromatic carbocycles. The molecule has 0 fully saturated rings. The Labute approximate surface area is 98.9 Å². The summed E-state index contributed by atoms with van der Waals surface area (Å²) in [5.74, 6) is 1.12. The van der Waals surface area contributed by atoms with E-state index in [1.165, 1.54) is 18.4 Å². The third-order valence-corrected chi connectivity index (χ3v) is 3.43. The van der Waals surface area contributed by atoms with Crippen LogP contribution in [0.25, 0.3) is 11.0 Å². The molecule has 0 aliphatic carbocycles. The van der Waals surface area contributed by atoms with E-state index in [4.69, 9.17) is 0 Å². The molecule has 4 heteroatoms. The number of nitrogens with zero attached hydrogens (tertiary/aromatic N) is 2. The normalized spacial score (nSPS) is 11.0. The van der Waals surface area contributed by atoms with Crippen molar-refractivity contribution in [3.8, 4) is 0 Å².